The number of fused-ring (bicyclic) bond motifs is 3. The van der Waals surface area contributed by atoms with E-state index in [0.29, 0.717) is 23.4 Å². The number of hydrogen-bond donors (Lipinski definition) is 1. The first kappa shape index (κ1) is 20.1. The van der Waals surface area contributed by atoms with E-state index in [9.17, 15) is 4.79 Å². The predicted octanol–water partition coefficient (Wildman–Crippen LogP) is 3.22. The van der Waals surface area contributed by atoms with Crippen molar-refractivity contribution in [3.63, 3.8) is 0 Å². The van der Waals surface area contributed by atoms with Crippen LogP contribution in [-0.2, 0) is 13.6 Å². The Kier molecular flexibility index (Phi) is 4.52. The summed E-state index contributed by atoms with van der Waals surface area (Å²) in [7, 11) is 2.00. The molecule has 8 heteroatoms. The maximum Gasteiger partial charge on any atom is 0.255 e. The standard InChI is InChI=1S/C26H29N7O/c1-31-24-20(11-19(13-29-24)26(34)32-10-7-17-6-9-27-21(17)15-32)30-25(31)22-12-18-3-2-8-28-23(18)33(22)14-16-4-5-16/h2-3,8,11-13,16-17,21,27H,4-7,9-10,14-15H2,1H3/t17-,21-/m0/s1. The fourth-order valence-corrected chi connectivity index (χ4v) is 5.84. The lowest BCUT2D eigenvalue weighted by Crippen LogP contribution is -2.48. The van der Waals surface area contributed by atoms with Crippen LogP contribution in [-0.4, -0.2) is 60.6 Å². The smallest absolute Gasteiger partial charge is 0.255 e. The van der Waals surface area contributed by atoms with Gasteiger partial charge in [0, 0.05) is 50.5 Å². The van der Waals surface area contributed by atoms with Crippen molar-refractivity contribution in [2.75, 3.05) is 19.6 Å². The number of pyridine rings is 2. The highest BCUT2D eigenvalue weighted by atomic mass is 16.2. The van der Waals surface area contributed by atoms with Gasteiger partial charge in [0.05, 0.1) is 11.3 Å². The summed E-state index contributed by atoms with van der Waals surface area (Å²) in [5.41, 5.74) is 4.23. The molecule has 3 fully saturated rings. The number of nitrogens with one attached hydrogen (secondary N) is 1. The molecule has 1 saturated carbocycles. The first-order chi connectivity index (χ1) is 16.7. The Morgan fingerprint density at radius 3 is 2.94 bits per heavy atom. The van der Waals surface area contributed by atoms with Gasteiger partial charge in [0.25, 0.3) is 5.91 Å². The number of piperidine rings is 1. The van der Waals surface area contributed by atoms with Gasteiger partial charge in [-0.15, -0.1) is 0 Å². The lowest BCUT2D eigenvalue weighted by molar-refractivity contribution is 0.0669. The first-order valence-corrected chi connectivity index (χ1v) is 12.5. The van der Waals surface area contributed by atoms with Crippen molar-refractivity contribution >= 4 is 28.1 Å². The molecule has 2 saturated heterocycles. The van der Waals surface area contributed by atoms with Crippen LogP contribution in [0.5, 0.6) is 0 Å². The minimum absolute atomic E-state index is 0.0563. The van der Waals surface area contributed by atoms with Crippen molar-refractivity contribution in [1.29, 1.82) is 0 Å². The van der Waals surface area contributed by atoms with E-state index in [1.54, 1.807) is 6.20 Å². The summed E-state index contributed by atoms with van der Waals surface area (Å²) in [5.74, 6) is 2.34. The fourth-order valence-electron chi connectivity index (χ4n) is 5.84. The third kappa shape index (κ3) is 3.23. The van der Waals surface area contributed by atoms with Gasteiger partial charge in [-0.3, -0.25) is 4.79 Å². The molecule has 3 aliphatic rings. The van der Waals surface area contributed by atoms with Crippen LogP contribution >= 0.6 is 0 Å². The van der Waals surface area contributed by atoms with E-state index in [1.807, 2.05) is 34.8 Å². The van der Waals surface area contributed by atoms with E-state index in [-0.39, 0.29) is 5.91 Å². The summed E-state index contributed by atoms with van der Waals surface area (Å²) in [5, 5.41) is 4.68. The molecule has 2 atom stereocenters. The molecule has 8 nitrogen and oxygen atoms in total. The molecule has 7 rings (SSSR count). The lowest BCUT2D eigenvalue weighted by Gasteiger charge is -2.34. The molecule has 1 aliphatic carbocycles. The predicted molar refractivity (Wildman–Crippen MR) is 130 cm³/mol. The summed E-state index contributed by atoms with van der Waals surface area (Å²) in [4.78, 5) is 29.6. The normalized spacial score (nSPS) is 22.6. The summed E-state index contributed by atoms with van der Waals surface area (Å²) < 4.78 is 4.34. The van der Waals surface area contributed by atoms with E-state index in [2.05, 4.69) is 32.0 Å². The van der Waals surface area contributed by atoms with Gasteiger partial charge in [-0.05, 0) is 68.3 Å². The van der Waals surface area contributed by atoms with Crippen LogP contribution in [0.3, 0.4) is 0 Å². The number of hydrogen-bond acceptors (Lipinski definition) is 5. The third-order valence-corrected chi connectivity index (χ3v) is 7.94. The molecular formula is C26H29N7O. The summed E-state index contributed by atoms with van der Waals surface area (Å²) in [6, 6.07) is 8.60. The highest BCUT2D eigenvalue weighted by Gasteiger charge is 2.35. The molecule has 4 aromatic heterocycles. The summed E-state index contributed by atoms with van der Waals surface area (Å²) in [6.45, 7) is 3.63. The van der Waals surface area contributed by atoms with Gasteiger partial charge >= 0.3 is 0 Å². The molecule has 0 bridgehead atoms. The monoisotopic (exact) mass is 455 g/mol. The zero-order valence-corrected chi connectivity index (χ0v) is 19.4. The first-order valence-electron chi connectivity index (χ1n) is 12.5. The van der Waals surface area contributed by atoms with Crippen LogP contribution in [0.25, 0.3) is 33.7 Å². The zero-order chi connectivity index (χ0) is 22.8. The number of carbonyl (C=O) groups excluding carboxylic acids is 1. The fraction of sp³-hybridized carbons (Fsp3) is 0.462. The molecule has 0 radical (unpaired) electrons. The second-order valence-electron chi connectivity index (χ2n) is 10.2. The molecule has 0 spiro atoms. The van der Waals surface area contributed by atoms with E-state index in [4.69, 9.17) is 4.98 Å². The number of carbonyl (C=O) groups is 1. The van der Waals surface area contributed by atoms with Gasteiger partial charge in [-0.25, -0.2) is 15.0 Å². The van der Waals surface area contributed by atoms with E-state index in [0.717, 1.165) is 66.3 Å². The molecule has 4 aromatic rings. The number of likely N-dealkylation sites (tertiary alicyclic amines) is 1. The van der Waals surface area contributed by atoms with Crippen LogP contribution in [0.15, 0.2) is 36.7 Å². The molecular weight excluding hydrogens is 426 g/mol. The topological polar surface area (TPSA) is 80.9 Å². The van der Waals surface area contributed by atoms with Crippen LogP contribution < -0.4 is 5.32 Å². The second kappa shape index (κ2) is 7.63. The van der Waals surface area contributed by atoms with Crippen molar-refractivity contribution in [3.05, 3.63) is 42.2 Å². The zero-order valence-electron chi connectivity index (χ0n) is 19.4. The van der Waals surface area contributed by atoms with E-state index >= 15 is 0 Å². The van der Waals surface area contributed by atoms with Crippen LogP contribution in [0.4, 0.5) is 0 Å². The third-order valence-electron chi connectivity index (χ3n) is 7.94. The van der Waals surface area contributed by atoms with Gasteiger partial charge in [0.2, 0.25) is 0 Å². The van der Waals surface area contributed by atoms with Crippen LogP contribution in [0.2, 0.25) is 0 Å². The van der Waals surface area contributed by atoms with E-state index < -0.39 is 0 Å². The Morgan fingerprint density at radius 2 is 2.06 bits per heavy atom. The Labute approximate surface area is 198 Å². The lowest BCUT2D eigenvalue weighted by atomic mass is 9.92. The molecule has 6 heterocycles. The van der Waals surface area contributed by atoms with Crippen LogP contribution in [0, 0.1) is 11.8 Å². The Bertz CT molecular complexity index is 1420. The maximum atomic E-state index is 13.3. The van der Waals surface area contributed by atoms with Gasteiger partial charge in [-0.2, -0.15) is 0 Å². The number of amides is 1. The highest BCUT2D eigenvalue weighted by Crippen LogP contribution is 2.35. The van der Waals surface area contributed by atoms with Crippen molar-refractivity contribution in [1.82, 2.24) is 34.3 Å². The molecule has 2 aliphatic heterocycles. The molecule has 174 valence electrons. The van der Waals surface area contributed by atoms with Crippen molar-refractivity contribution in [3.8, 4) is 11.5 Å². The van der Waals surface area contributed by atoms with Gasteiger partial charge in [0.1, 0.15) is 11.2 Å². The number of rotatable bonds is 4. The second-order valence-corrected chi connectivity index (χ2v) is 10.2. The van der Waals surface area contributed by atoms with Crippen LogP contribution in [0.1, 0.15) is 36.0 Å². The molecule has 1 amide bonds. The molecule has 0 aromatic carbocycles. The quantitative estimate of drug-likeness (QED) is 0.511. The number of imidazole rings is 1. The number of aryl methyl sites for hydroxylation is 1. The summed E-state index contributed by atoms with van der Waals surface area (Å²) >= 11 is 0. The minimum Gasteiger partial charge on any atom is -0.337 e. The van der Waals surface area contributed by atoms with Crippen molar-refractivity contribution < 1.29 is 4.79 Å². The summed E-state index contributed by atoms with van der Waals surface area (Å²) in [6.07, 6.45) is 8.42. The van der Waals surface area contributed by atoms with Gasteiger partial charge < -0.3 is 19.4 Å². The highest BCUT2D eigenvalue weighted by molar-refractivity contribution is 5.97. The van der Waals surface area contributed by atoms with Gasteiger partial charge in [-0.1, -0.05) is 0 Å². The number of aromatic nitrogens is 5. The Morgan fingerprint density at radius 1 is 1.15 bits per heavy atom. The molecule has 1 N–H and O–H groups in total. The van der Waals surface area contributed by atoms with Crippen molar-refractivity contribution in [2.45, 2.75) is 38.3 Å². The Balaban J connectivity index is 1.25. The average Bonchev–Trinajstić information content (AvgIpc) is 3.29. The SMILES string of the molecule is Cn1c(-c2cc3cccnc3n2CC2CC2)nc2cc(C(=O)N3CC[C@@H]4CCN[C@H]4C3)cnc21. The molecule has 0 unspecified atom stereocenters. The largest absolute Gasteiger partial charge is 0.337 e. The van der Waals surface area contributed by atoms with Gasteiger partial charge in [0.15, 0.2) is 11.5 Å². The van der Waals surface area contributed by atoms with E-state index in [1.165, 1.54) is 19.3 Å². The maximum absolute atomic E-state index is 13.3. The number of nitrogens with zero attached hydrogens (tertiary/aromatic N) is 6. The molecule has 34 heavy (non-hydrogen) atoms. The van der Waals surface area contributed by atoms with Crippen molar-refractivity contribution in [2.24, 2.45) is 18.9 Å². The average molecular weight is 456 g/mol. The Hall–Kier alpha value is -3.26. The minimum atomic E-state index is 0.0563.